The van der Waals surface area contributed by atoms with Crippen LogP contribution in [-0.4, -0.2) is 15.2 Å². The predicted octanol–water partition coefficient (Wildman–Crippen LogP) is 0.226. The first-order valence-electron chi connectivity index (χ1n) is 3.68. The van der Waals surface area contributed by atoms with E-state index in [0.29, 0.717) is 0 Å². The van der Waals surface area contributed by atoms with Crippen LogP contribution in [0.15, 0.2) is 36.5 Å². The van der Waals surface area contributed by atoms with Gasteiger partial charge in [0.1, 0.15) is 0 Å². The maximum absolute atomic E-state index is 4.32. The maximum Gasteiger partial charge on any atom is 0.0701 e. The third-order valence-corrected chi connectivity index (χ3v) is 2.27. The summed E-state index contributed by atoms with van der Waals surface area (Å²) in [6.07, 6.45) is 1.95. The summed E-state index contributed by atoms with van der Waals surface area (Å²) in [4.78, 5) is 4.32. The Balaban J connectivity index is 2.83. The van der Waals surface area contributed by atoms with Crippen molar-refractivity contribution in [3.05, 3.63) is 36.5 Å². The highest BCUT2D eigenvalue weighted by Crippen LogP contribution is 2.06. The minimum Gasteiger partial charge on any atom is -0.256 e. The Labute approximate surface area is 68.5 Å². The molecule has 2 heteroatoms. The van der Waals surface area contributed by atoms with Crippen molar-refractivity contribution in [1.29, 1.82) is 0 Å². The van der Waals surface area contributed by atoms with E-state index in [4.69, 9.17) is 0 Å². The Morgan fingerprint density at radius 2 is 2.00 bits per heavy atom. The Morgan fingerprint density at radius 3 is 2.91 bits per heavy atom. The SMILES string of the molecule is [SiH3]c1cnc2ccccc2c1. The van der Waals surface area contributed by atoms with Gasteiger partial charge >= 0.3 is 0 Å². The molecule has 1 aromatic carbocycles. The topological polar surface area (TPSA) is 12.9 Å². The maximum atomic E-state index is 4.32. The number of hydrogen-bond donors (Lipinski definition) is 0. The molecule has 0 bridgehead atoms. The number of fused-ring (bicyclic) bond motifs is 1. The van der Waals surface area contributed by atoms with E-state index in [1.54, 1.807) is 0 Å². The normalized spacial score (nSPS) is 10.5. The summed E-state index contributed by atoms with van der Waals surface area (Å²) < 4.78 is 0. The number of benzene rings is 1. The minimum absolute atomic E-state index is 1.08. The van der Waals surface area contributed by atoms with Gasteiger partial charge in [0.05, 0.1) is 5.52 Å². The van der Waals surface area contributed by atoms with Gasteiger partial charge in [-0.2, -0.15) is 0 Å². The first-order valence-corrected chi connectivity index (χ1v) is 4.68. The number of rotatable bonds is 0. The summed E-state index contributed by atoms with van der Waals surface area (Å²) >= 11 is 0. The second kappa shape index (κ2) is 2.47. The highest BCUT2D eigenvalue weighted by Gasteiger charge is 1.90. The minimum atomic E-state index is 1.08. The zero-order valence-corrected chi connectivity index (χ0v) is 8.41. The van der Waals surface area contributed by atoms with Crippen molar-refractivity contribution in [3.63, 3.8) is 0 Å². The van der Waals surface area contributed by atoms with E-state index in [1.807, 2.05) is 24.4 Å². The van der Waals surface area contributed by atoms with Crippen molar-refractivity contribution in [2.45, 2.75) is 0 Å². The van der Waals surface area contributed by atoms with Gasteiger partial charge in [-0.1, -0.05) is 29.5 Å². The molecule has 0 fully saturated rings. The molecular formula is C9H9NSi. The van der Waals surface area contributed by atoms with E-state index in [-0.39, 0.29) is 0 Å². The molecule has 0 spiro atoms. The zero-order chi connectivity index (χ0) is 7.68. The van der Waals surface area contributed by atoms with Crippen LogP contribution >= 0.6 is 0 Å². The average molecular weight is 159 g/mol. The van der Waals surface area contributed by atoms with Gasteiger partial charge in [0.25, 0.3) is 0 Å². The van der Waals surface area contributed by atoms with Crippen molar-refractivity contribution < 1.29 is 0 Å². The molecule has 0 unspecified atom stereocenters. The lowest BCUT2D eigenvalue weighted by atomic mass is 10.2. The molecule has 0 aliphatic rings. The number of hydrogen-bond acceptors (Lipinski definition) is 1. The average Bonchev–Trinajstić information content (AvgIpc) is 2.04. The number of para-hydroxylation sites is 1. The van der Waals surface area contributed by atoms with E-state index >= 15 is 0 Å². The molecule has 1 nitrogen and oxygen atoms in total. The van der Waals surface area contributed by atoms with Crippen molar-refractivity contribution >= 4 is 26.3 Å². The van der Waals surface area contributed by atoms with Crippen LogP contribution in [0, 0.1) is 0 Å². The van der Waals surface area contributed by atoms with Crippen LogP contribution in [0.3, 0.4) is 0 Å². The van der Waals surface area contributed by atoms with E-state index in [0.717, 1.165) is 15.8 Å². The first kappa shape index (κ1) is 6.55. The fourth-order valence-electron chi connectivity index (χ4n) is 1.18. The van der Waals surface area contributed by atoms with Crippen LogP contribution in [0.4, 0.5) is 0 Å². The summed E-state index contributed by atoms with van der Waals surface area (Å²) in [5.41, 5.74) is 1.09. The summed E-state index contributed by atoms with van der Waals surface area (Å²) in [6.45, 7) is 0. The molecular weight excluding hydrogens is 150 g/mol. The van der Waals surface area contributed by atoms with Crippen molar-refractivity contribution in [2.75, 3.05) is 0 Å². The molecule has 0 amide bonds. The van der Waals surface area contributed by atoms with E-state index in [1.165, 1.54) is 10.6 Å². The first-order chi connectivity index (χ1) is 5.36. The fourth-order valence-corrected chi connectivity index (χ4v) is 1.62. The number of nitrogens with zero attached hydrogens (tertiary/aromatic N) is 1. The molecule has 0 N–H and O–H groups in total. The monoisotopic (exact) mass is 159 g/mol. The number of aromatic nitrogens is 1. The van der Waals surface area contributed by atoms with Crippen LogP contribution < -0.4 is 5.19 Å². The Bertz CT molecular complexity index is 384. The highest BCUT2D eigenvalue weighted by atomic mass is 28.1. The van der Waals surface area contributed by atoms with Crippen LogP contribution in [-0.2, 0) is 0 Å². The third kappa shape index (κ3) is 1.17. The van der Waals surface area contributed by atoms with Gasteiger partial charge in [0.15, 0.2) is 0 Å². The second-order valence-corrected chi connectivity index (χ2v) is 3.86. The summed E-state index contributed by atoms with van der Waals surface area (Å²) in [5.74, 6) is 0. The van der Waals surface area contributed by atoms with Crippen LogP contribution in [0.25, 0.3) is 10.9 Å². The molecule has 1 heterocycles. The van der Waals surface area contributed by atoms with Gasteiger partial charge in [-0.05, 0) is 11.5 Å². The van der Waals surface area contributed by atoms with E-state index in [2.05, 4.69) is 17.1 Å². The van der Waals surface area contributed by atoms with Gasteiger partial charge in [0, 0.05) is 16.4 Å². The van der Waals surface area contributed by atoms with Gasteiger partial charge in [-0.15, -0.1) is 0 Å². The van der Waals surface area contributed by atoms with Crippen molar-refractivity contribution in [2.24, 2.45) is 0 Å². The van der Waals surface area contributed by atoms with Crippen molar-refractivity contribution in [1.82, 2.24) is 4.98 Å². The molecule has 0 aliphatic heterocycles. The molecule has 0 atom stereocenters. The molecule has 1 aromatic heterocycles. The van der Waals surface area contributed by atoms with Gasteiger partial charge < -0.3 is 0 Å². The van der Waals surface area contributed by atoms with Crippen LogP contribution in [0.2, 0.25) is 0 Å². The zero-order valence-electron chi connectivity index (χ0n) is 6.41. The summed E-state index contributed by atoms with van der Waals surface area (Å²) in [5, 5.41) is 2.60. The number of pyridine rings is 1. The highest BCUT2D eigenvalue weighted by molar-refractivity contribution is 6.32. The van der Waals surface area contributed by atoms with E-state index in [9.17, 15) is 0 Å². The lowest BCUT2D eigenvalue weighted by molar-refractivity contribution is 1.44. The molecule has 2 rings (SSSR count). The van der Waals surface area contributed by atoms with Crippen molar-refractivity contribution in [3.8, 4) is 0 Å². The molecule has 54 valence electrons. The molecule has 11 heavy (non-hydrogen) atoms. The fraction of sp³-hybridized carbons (Fsp3) is 0. The molecule has 2 aromatic rings. The van der Waals surface area contributed by atoms with Gasteiger partial charge in [-0.25, -0.2) is 0 Å². The summed E-state index contributed by atoms with van der Waals surface area (Å²) in [7, 11) is 1.08. The van der Waals surface area contributed by atoms with Gasteiger partial charge in [-0.3, -0.25) is 4.98 Å². The van der Waals surface area contributed by atoms with Crippen LogP contribution in [0.5, 0.6) is 0 Å². The molecule has 0 radical (unpaired) electrons. The third-order valence-electron chi connectivity index (χ3n) is 1.73. The second-order valence-electron chi connectivity index (χ2n) is 2.71. The molecule has 0 saturated heterocycles. The lowest BCUT2D eigenvalue weighted by Gasteiger charge is -1.96. The smallest absolute Gasteiger partial charge is 0.0701 e. The Kier molecular flexibility index (Phi) is 1.47. The van der Waals surface area contributed by atoms with E-state index < -0.39 is 0 Å². The summed E-state index contributed by atoms with van der Waals surface area (Å²) in [6, 6.07) is 10.4. The molecule has 0 saturated carbocycles. The standard InChI is InChI=1S/C9H9NSi/c11-8-5-7-3-1-2-4-9(7)10-6-8/h1-6H,11H3. The largest absolute Gasteiger partial charge is 0.256 e. The molecule has 0 aliphatic carbocycles. The predicted molar refractivity (Wildman–Crippen MR) is 51.3 cm³/mol. The van der Waals surface area contributed by atoms with Gasteiger partial charge in [0.2, 0.25) is 0 Å². The Hall–Kier alpha value is -1.15. The van der Waals surface area contributed by atoms with Crippen LogP contribution in [0.1, 0.15) is 0 Å². The quantitative estimate of drug-likeness (QED) is 0.501. The Morgan fingerprint density at radius 1 is 1.18 bits per heavy atom. The lowest BCUT2D eigenvalue weighted by Crippen LogP contribution is -2.01.